The number of hydrogen-bond acceptors (Lipinski definition) is 5. The molecule has 1 saturated heterocycles. The molecule has 4 atom stereocenters. The maximum absolute atomic E-state index is 13.2. The van der Waals surface area contributed by atoms with E-state index < -0.39 is 6.04 Å². The van der Waals surface area contributed by atoms with Crippen LogP contribution in [0.5, 0.6) is 0 Å². The molecule has 0 radical (unpaired) electrons. The molecule has 1 fully saturated rings. The first kappa shape index (κ1) is 18.4. The summed E-state index contributed by atoms with van der Waals surface area (Å²) in [6, 6.07) is 3.53. The largest absolute Gasteiger partial charge is 0.468 e. The van der Waals surface area contributed by atoms with E-state index in [1.165, 1.54) is 13.5 Å². The number of aromatic nitrogens is 1. The molecule has 0 aromatic carbocycles. The lowest BCUT2D eigenvalue weighted by Gasteiger charge is -2.28. The van der Waals surface area contributed by atoms with Crippen LogP contribution in [0.15, 0.2) is 23.0 Å². The average molecular weight is 372 g/mol. The Balaban J connectivity index is 1.76. The number of carbonyl (C=O) groups is 1. The number of likely N-dealkylation sites (tertiary alicyclic amines) is 1. The number of aliphatic hydroxyl groups excluding tert-OH is 1. The number of ether oxygens (including phenoxy) is 1. The van der Waals surface area contributed by atoms with Gasteiger partial charge in [0.05, 0.1) is 13.2 Å². The van der Waals surface area contributed by atoms with Crippen LogP contribution in [0.1, 0.15) is 49.9 Å². The van der Waals surface area contributed by atoms with Gasteiger partial charge >= 0.3 is 5.97 Å². The topological polar surface area (TPSA) is 71.8 Å². The van der Waals surface area contributed by atoms with Gasteiger partial charge in [0.25, 0.3) is 5.56 Å². The third kappa shape index (κ3) is 2.77. The van der Waals surface area contributed by atoms with Gasteiger partial charge in [-0.1, -0.05) is 13.0 Å². The van der Waals surface area contributed by atoms with Gasteiger partial charge in [0.1, 0.15) is 6.04 Å². The van der Waals surface area contributed by atoms with Gasteiger partial charge in [0.2, 0.25) is 0 Å². The summed E-state index contributed by atoms with van der Waals surface area (Å²) in [5.74, 6) is -0.482. The Morgan fingerprint density at radius 2 is 2.15 bits per heavy atom. The average Bonchev–Trinajstić information content (AvgIpc) is 3.23. The van der Waals surface area contributed by atoms with Crippen molar-refractivity contribution >= 4 is 11.5 Å². The monoisotopic (exact) mass is 372 g/mol. The summed E-state index contributed by atoms with van der Waals surface area (Å²) in [4.78, 5) is 27.7. The minimum Gasteiger partial charge on any atom is -0.468 e. The third-order valence-electron chi connectivity index (χ3n) is 6.64. The zero-order valence-corrected chi connectivity index (χ0v) is 16.1. The van der Waals surface area contributed by atoms with Crippen molar-refractivity contribution in [3.05, 3.63) is 39.8 Å². The van der Waals surface area contributed by atoms with E-state index in [2.05, 4.69) is 11.0 Å². The molecule has 3 heterocycles. The number of rotatable bonds is 4. The molecule has 0 unspecified atom stereocenters. The van der Waals surface area contributed by atoms with Gasteiger partial charge in [-0.2, -0.15) is 0 Å². The summed E-state index contributed by atoms with van der Waals surface area (Å²) in [6.07, 6.45) is 6.53. The van der Waals surface area contributed by atoms with E-state index >= 15 is 0 Å². The molecule has 3 aliphatic rings. The zero-order chi connectivity index (χ0) is 19.1. The lowest BCUT2D eigenvalue weighted by Crippen LogP contribution is -2.43. The Kier molecular flexibility index (Phi) is 4.95. The number of aliphatic hydroxyl groups is 1. The highest BCUT2D eigenvalue weighted by Gasteiger charge is 2.55. The number of nitrogens with zero attached hydrogens (tertiary/aromatic N) is 2. The summed E-state index contributed by atoms with van der Waals surface area (Å²) in [5.41, 5.74) is 3.00. The predicted octanol–water partition coefficient (Wildman–Crippen LogP) is 1.96. The molecule has 0 saturated carbocycles. The van der Waals surface area contributed by atoms with Gasteiger partial charge in [-0.15, -0.1) is 0 Å². The number of fused-ring (bicyclic) bond motifs is 3. The number of allylic oxidation sites excluding steroid dienone is 2. The minimum absolute atomic E-state index is 0.0293. The lowest BCUT2D eigenvalue weighted by atomic mass is 9.88. The molecule has 1 N–H and O–H groups in total. The summed E-state index contributed by atoms with van der Waals surface area (Å²) < 4.78 is 6.88. The highest BCUT2D eigenvalue weighted by atomic mass is 16.5. The highest BCUT2D eigenvalue weighted by Crippen LogP contribution is 2.49. The van der Waals surface area contributed by atoms with Gasteiger partial charge in [-0.05, 0) is 49.9 Å². The van der Waals surface area contributed by atoms with Crippen molar-refractivity contribution in [2.24, 2.45) is 11.8 Å². The zero-order valence-electron chi connectivity index (χ0n) is 16.1. The van der Waals surface area contributed by atoms with Gasteiger partial charge in [-0.25, -0.2) is 0 Å². The molecule has 6 heteroatoms. The van der Waals surface area contributed by atoms with Crippen molar-refractivity contribution in [1.29, 1.82) is 0 Å². The fourth-order valence-corrected chi connectivity index (χ4v) is 5.39. The van der Waals surface area contributed by atoms with Crippen molar-refractivity contribution in [2.75, 3.05) is 20.3 Å². The molecule has 2 aliphatic heterocycles. The maximum Gasteiger partial charge on any atom is 0.323 e. The van der Waals surface area contributed by atoms with Gasteiger partial charge < -0.3 is 14.4 Å². The van der Waals surface area contributed by atoms with E-state index in [0.717, 1.165) is 36.1 Å². The van der Waals surface area contributed by atoms with Crippen molar-refractivity contribution in [3.63, 3.8) is 0 Å². The van der Waals surface area contributed by atoms with Gasteiger partial charge in [0.15, 0.2) is 0 Å². The lowest BCUT2D eigenvalue weighted by molar-refractivity contribution is -0.148. The van der Waals surface area contributed by atoms with Gasteiger partial charge in [0, 0.05) is 36.2 Å². The number of hydrogen-bond donors (Lipinski definition) is 1. The summed E-state index contributed by atoms with van der Waals surface area (Å²) >= 11 is 0. The molecule has 0 spiro atoms. The molecule has 4 rings (SSSR count). The van der Waals surface area contributed by atoms with Crippen LogP contribution in [0.3, 0.4) is 0 Å². The number of methoxy groups -OCH3 is 1. The fourth-order valence-electron chi connectivity index (χ4n) is 5.39. The molecule has 0 bridgehead atoms. The van der Waals surface area contributed by atoms with Crippen LogP contribution in [-0.4, -0.2) is 46.8 Å². The first-order valence-electron chi connectivity index (χ1n) is 10.00. The van der Waals surface area contributed by atoms with E-state index in [4.69, 9.17) is 4.74 Å². The first-order valence-corrected chi connectivity index (χ1v) is 10.00. The Hall–Kier alpha value is -1.92. The smallest absolute Gasteiger partial charge is 0.323 e. The molecule has 1 aromatic heterocycles. The second kappa shape index (κ2) is 7.24. The van der Waals surface area contributed by atoms with Crippen LogP contribution in [0.2, 0.25) is 0 Å². The Morgan fingerprint density at radius 1 is 1.33 bits per heavy atom. The number of esters is 1. The van der Waals surface area contributed by atoms with Crippen molar-refractivity contribution in [3.8, 4) is 0 Å². The van der Waals surface area contributed by atoms with E-state index in [1.54, 1.807) is 0 Å². The fraction of sp³-hybridized carbons (Fsp3) is 0.619. The normalized spacial score (nSPS) is 30.0. The molecule has 1 aliphatic carbocycles. The second-order valence-corrected chi connectivity index (χ2v) is 7.82. The van der Waals surface area contributed by atoms with Crippen LogP contribution in [0, 0.1) is 11.8 Å². The highest BCUT2D eigenvalue weighted by molar-refractivity contribution is 5.77. The van der Waals surface area contributed by atoms with E-state index in [-0.39, 0.29) is 36.0 Å². The Bertz CT molecular complexity index is 828. The number of pyridine rings is 1. The third-order valence-corrected chi connectivity index (χ3v) is 6.64. The molecular formula is C21H28N2O4. The SMILES string of the molecule is CCN1[C@H](C(=O)OC)[C@@H](CO)[C@@H]2Cn3c(ccc(C4=CCCCC4)c3=O)[C@@H]21. The number of carbonyl (C=O) groups excluding carboxylic acids is 1. The van der Waals surface area contributed by atoms with Gasteiger partial charge in [-0.3, -0.25) is 14.5 Å². The van der Waals surface area contributed by atoms with Crippen molar-refractivity contribution in [2.45, 2.75) is 51.2 Å². The predicted molar refractivity (Wildman–Crippen MR) is 102 cm³/mol. The Labute approximate surface area is 159 Å². The van der Waals surface area contributed by atoms with E-state index in [9.17, 15) is 14.7 Å². The van der Waals surface area contributed by atoms with Crippen LogP contribution in [0.4, 0.5) is 0 Å². The maximum atomic E-state index is 13.2. The molecule has 146 valence electrons. The molecular weight excluding hydrogens is 344 g/mol. The van der Waals surface area contributed by atoms with Crippen LogP contribution < -0.4 is 5.56 Å². The van der Waals surface area contributed by atoms with Crippen LogP contribution in [0.25, 0.3) is 5.57 Å². The summed E-state index contributed by atoms with van der Waals surface area (Å²) in [7, 11) is 1.39. The second-order valence-electron chi connectivity index (χ2n) is 7.82. The first-order chi connectivity index (χ1) is 13.1. The molecule has 0 amide bonds. The van der Waals surface area contributed by atoms with Crippen LogP contribution in [-0.2, 0) is 16.1 Å². The molecule has 27 heavy (non-hydrogen) atoms. The standard InChI is InChI=1S/C21H28N2O4/c1-3-22-18-15(16(12-24)19(22)21(26)27-2)11-23-17(18)10-9-14(20(23)25)13-7-5-4-6-8-13/h7,9-10,15-16,18-19,24H,3-6,8,11-12H2,1-2H3/t15-,16-,18+,19-/m0/s1. The minimum atomic E-state index is -0.454. The summed E-state index contributed by atoms with van der Waals surface area (Å²) in [6.45, 7) is 3.14. The van der Waals surface area contributed by atoms with Crippen LogP contribution >= 0.6 is 0 Å². The number of likely N-dealkylation sites (N-methyl/N-ethyl adjacent to an activating group) is 1. The van der Waals surface area contributed by atoms with Crippen molar-refractivity contribution < 1.29 is 14.6 Å². The quantitative estimate of drug-likeness (QED) is 0.818. The molecule has 1 aromatic rings. The Morgan fingerprint density at radius 3 is 2.78 bits per heavy atom. The van der Waals surface area contributed by atoms with Crippen molar-refractivity contribution in [1.82, 2.24) is 9.47 Å². The summed E-state index contributed by atoms with van der Waals surface area (Å²) in [5, 5.41) is 10.0. The van der Waals surface area contributed by atoms with E-state index in [0.29, 0.717) is 13.1 Å². The molecule has 6 nitrogen and oxygen atoms in total. The van der Waals surface area contributed by atoms with E-state index in [1.807, 2.05) is 23.6 Å².